The van der Waals surface area contributed by atoms with E-state index in [9.17, 15) is 8.42 Å². The maximum atomic E-state index is 12.2. The second kappa shape index (κ2) is 5.28. The third kappa shape index (κ3) is 2.77. The van der Waals surface area contributed by atoms with Gasteiger partial charge in [-0.15, -0.1) is 11.3 Å². The summed E-state index contributed by atoms with van der Waals surface area (Å²) in [6, 6.07) is 1.69. The van der Waals surface area contributed by atoms with Crippen LogP contribution in [0.5, 0.6) is 0 Å². The van der Waals surface area contributed by atoms with Crippen LogP contribution in [-0.4, -0.2) is 19.6 Å². The third-order valence-electron chi connectivity index (χ3n) is 3.57. The Kier molecular flexibility index (Phi) is 4.11. The maximum absolute atomic E-state index is 12.2. The molecule has 1 aromatic heterocycles. The van der Waals surface area contributed by atoms with Crippen LogP contribution in [0.4, 0.5) is 0 Å². The number of nitrogens with one attached hydrogen (secondary N) is 1. The molecule has 2 N–H and O–H groups in total. The molecule has 6 heteroatoms. The summed E-state index contributed by atoms with van der Waals surface area (Å²) in [5.74, 6) is 0.401. The predicted molar refractivity (Wildman–Crippen MR) is 72.1 cm³/mol. The molecule has 1 aliphatic rings. The second-order valence-electron chi connectivity index (χ2n) is 4.97. The van der Waals surface area contributed by atoms with E-state index in [1.54, 1.807) is 6.07 Å². The number of rotatable bonds is 4. The minimum absolute atomic E-state index is 0.0509. The van der Waals surface area contributed by atoms with Gasteiger partial charge in [0.25, 0.3) is 0 Å². The zero-order valence-corrected chi connectivity index (χ0v) is 12.3. The van der Waals surface area contributed by atoms with Gasteiger partial charge in [-0.3, -0.25) is 0 Å². The van der Waals surface area contributed by atoms with Crippen LogP contribution in [0.1, 0.15) is 36.6 Å². The fraction of sp³-hybridized carbons (Fsp3) is 0.667. The average Bonchev–Trinajstić information content (AvgIpc) is 2.86. The Hall–Kier alpha value is -0.430. The lowest BCUT2D eigenvalue weighted by atomic mass is 10.1. The Balaban J connectivity index is 2.19. The SMILES string of the molecule is Cc1cc(S(=O)(=O)NC2CCCC2C)sc1CO. The number of sulfonamides is 1. The molecular weight excluding hydrogens is 270 g/mol. The molecule has 1 saturated carbocycles. The van der Waals surface area contributed by atoms with Crippen LogP contribution in [0.25, 0.3) is 0 Å². The molecule has 2 atom stereocenters. The molecule has 0 spiro atoms. The van der Waals surface area contributed by atoms with Crippen molar-refractivity contribution in [2.75, 3.05) is 0 Å². The highest BCUT2D eigenvalue weighted by Gasteiger charge is 2.29. The molecule has 1 fully saturated rings. The van der Waals surface area contributed by atoms with Gasteiger partial charge in [0.1, 0.15) is 4.21 Å². The first-order chi connectivity index (χ1) is 8.44. The van der Waals surface area contributed by atoms with Crippen LogP contribution in [-0.2, 0) is 16.6 Å². The van der Waals surface area contributed by atoms with Crippen LogP contribution in [0, 0.1) is 12.8 Å². The number of aryl methyl sites for hydroxylation is 1. The maximum Gasteiger partial charge on any atom is 0.250 e. The quantitative estimate of drug-likeness (QED) is 0.891. The second-order valence-corrected chi connectivity index (χ2v) is 8.04. The van der Waals surface area contributed by atoms with Crippen molar-refractivity contribution >= 4 is 21.4 Å². The van der Waals surface area contributed by atoms with E-state index < -0.39 is 10.0 Å². The van der Waals surface area contributed by atoms with Crippen LogP contribution in [0.15, 0.2) is 10.3 Å². The molecule has 1 heterocycles. The molecule has 1 aliphatic carbocycles. The van der Waals surface area contributed by atoms with Crippen LogP contribution in [0.2, 0.25) is 0 Å². The van der Waals surface area contributed by atoms with Gasteiger partial charge < -0.3 is 5.11 Å². The van der Waals surface area contributed by atoms with Crippen molar-refractivity contribution in [3.8, 4) is 0 Å². The summed E-state index contributed by atoms with van der Waals surface area (Å²) in [6.07, 6.45) is 3.08. The normalized spacial score (nSPS) is 24.6. The zero-order valence-electron chi connectivity index (χ0n) is 10.6. The topological polar surface area (TPSA) is 66.4 Å². The highest BCUT2D eigenvalue weighted by atomic mass is 32.2. The fourth-order valence-corrected chi connectivity index (χ4v) is 5.20. The van der Waals surface area contributed by atoms with Gasteiger partial charge in [0.15, 0.2) is 0 Å². The van der Waals surface area contributed by atoms with Gasteiger partial charge in [-0.25, -0.2) is 13.1 Å². The molecule has 4 nitrogen and oxygen atoms in total. The minimum Gasteiger partial charge on any atom is -0.391 e. The Bertz CT molecular complexity index is 521. The van der Waals surface area contributed by atoms with Crippen LogP contribution in [0.3, 0.4) is 0 Å². The zero-order chi connectivity index (χ0) is 13.3. The van der Waals surface area contributed by atoms with Gasteiger partial charge in [0.2, 0.25) is 10.0 Å². The fourth-order valence-electron chi connectivity index (χ4n) is 2.36. The van der Waals surface area contributed by atoms with Gasteiger partial charge in [0, 0.05) is 10.9 Å². The molecule has 0 saturated heterocycles. The highest BCUT2D eigenvalue weighted by molar-refractivity contribution is 7.91. The Morgan fingerprint density at radius 1 is 1.50 bits per heavy atom. The summed E-state index contributed by atoms with van der Waals surface area (Å²) in [4.78, 5) is 0.717. The van der Waals surface area contributed by atoms with Crippen molar-refractivity contribution in [3.63, 3.8) is 0 Å². The molecule has 0 aliphatic heterocycles. The molecule has 0 radical (unpaired) electrons. The molecule has 0 amide bonds. The summed E-state index contributed by atoms with van der Waals surface area (Å²) >= 11 is 1.15. The Morgan fingerprint density at radius 2 is 2.22 bits per heavy atom. The smallest absolute Gasteiger partial charge is 0.250 e. The van der Waals surface area contributed by atoms with E-state index >= 15 is 0 Å². The first-order valence-corrected chi connectivity index (χ1v) is 8.46. The first kappa shape index (κ1) is 14.0. The number of thiophene rings is 1. The van der Waals surface area contributed by atoms with E-state index in [0.29, 0.717) is 10.1 Å². The largest absolute Gasteiger partial charge is 0.391 e. The van der Waals surface area contributed by atoms with Crippen molar-refractivity contribution in [3.05, 3.63) is 16.5 Å². The molecule has 102 valence electrons. The lowest BCUT2D eigenvalue weighted by Gasteiger charge is -2.16. The van der Waals surface area contributed by atoms with Crippen molar-refractivity contribution in [1.82, 2.24) is 4.72 Å². The molecule has 2 unspecified atom stereocenters. The first-order valence-electron chi connectivity index (χ1n) is 6.16. The van der Waals surface area contributed by atoms with Crippen molar-refractivity contribution in [1.29, 1.82) is 0 Å². The summed E-state index contributed by atoms with van der Waals surface area (Å²) in [5.41, 5.74) is 0.836. The van der Waals surface area contributed by atoms with Gasteiger partial charge in [0.05, 0.1) is 6.61 Å². The van der Waals surface area contributed by atoms with E-state index in [1.807, 2.05) is 6.92 Å². The highest BCUT2D eigenvalue weighted by Crippen LogP contribution is 2.29. The third-order valence-corrected chi connectivity index (χ3v) is 6.76. The van der Waals surface area contributed by atoms with Gasteiger partial charge >= 0.3 is 0 Å². The number of aliphatic hydroxyl groups is 1. The molecule has 0 bridgehead atoms. The van der Waals surface area contributed by atoms with E-state index in [0.717, 1.165) is 41.0 Å². The molecule has 2 rings (SSSR count). The van der Waals surface area contributed by atoms with E-state index in [-0.39, 0.29) is 12.6 Å². The van der Waals surface area contributed by atoms with E-state index in [2.05, 4.69) is 11.6 Å². The summed E-state index contributed by atoms with van der Waals surface area (Å²) in [5, 5.41) is 9.12. The van der Waals surface area contributed by atoms with E-state index in [1.165, 1.54) is 0 Å². The van der Waals surface area contributed by atoms with Crippen LogP contribution >= 0.6 is 11.3 Å². The molecular formula is C12H19NO3S2. The molecule has 1 aromatic rings. The Morgan fingerprint density at radius 3 is 2.72 bits per heavy atom. The number of aliphatic hydroxyl groups excluding tert-OH is 1. The lowest BCUT2D eigenvalue weighted by Crippen LogP contribution is -2.36. The van der Waals surface area contributed by atoms with Gasteiger partial charge in [-0.1, -0.05) is 13.3 Å². The van der Waals surface area contributed by atoms with Crippen molar-refractivity contribution in [2.45, 2.75) is 50.0 Å². The lowest BCUT2D eigenvalue weighted by molar-refractivity contribution is 0.285. The Labute approximate surface area is 112 Å². The standard InChI is InChI=1S/C12H19NO3S2/c1-8-4-3-5-10(8)13-18(15,16)12-6-9(2)11(7-14)17-12/h6,8,10,13-14H,3-5,7H2,1-2H3. The predicted octanol–water partition coefficient (Wildman–Crippen LogP) is 2.02. The summed E-state index contributed by atoms with van der Waals surface area (Å²) < 4.78 is 27.6. The molecule has 0 aromatic carbocycles. The van der Waals surface area contributed by atoms with Crippen LogP contribution < -0.4 is 4.72 Å². The van der Waals surface area contributed by atoms with Gasteiger partial charge in [-0.2, -0.15) is 0 Å². The number of hydrogen-bond donors (Lipinski definition) is 2. The molecule has 18 heavy (non-hydrogen) atoms. The minimum atomic E-state index is -3.43. The van der Waals surface area contributed by atoms with Crippen molar-refractivity contribution in [2.24, 2.45) is 5.92 Å². The summed E-state index contributed by atoms with van der Waals surface area (Å²) in [6.45, 7) is 3.80. The van der Waals surface area contributed by atoms with E-state index in [4.69, 9.17) is 5.11 Å². The summed E-state index contributed by atoms with van der Waals surface area (Å²) in [7, 11) is -3.43. The van der Waals surface area contributed by atoms with Crippen molar-refractivity contribution < 1.29 is 13.5 Å². The monoisotopic (exact) mass is 289 g/mol. The van der Waals surface area contributed by atoms with Gasteiger partial charge in [-0.05, 0) is 37.3 Å². The number of hydrogen-bond acceptors (Lipinski definition) is 4. The average molecular weight is 289 g/mol.